The van der Waals surface area contributed by atoms with Crippen molar-refractivity contribution in [3.63, 3.8) is 0 Å². The molecular formula is C17H15F3O2. The van der Waals surface area contributed by atoms with Crippen LogP contribution in [0.15, 0.2) is 54.6 Å². The van der Waals surface area contributed by atoms with Crippen molar-refractivity contribution >= 4 is 5.57 Å². The van der Waals surface area contributed by atoms with Crippen molar-refractivity contribution in [3.8, 4) is 11.5 Å². The Balaban J connectivity index is 2.48. The Morgan fingerprint density at radius 1 is 0.773 bits per heavy atom. The van der Waals surface area contributed by atoms with E-state index < -0.39 is 6.18 Å². The summed E-state index contributed by atoms with van der Waals surface area (Å²) in [4.78, 5) is 0. The molecule has 0 atom stereocenters. The lowest BCUT2D eigenvalue weighted by Crippen LogP contribution is -2.04. The van der Waals surface area contributed by atoms with Gasteiger partial charge in [0.15, 0.2) is 0 Å². The van der Waals surface area contributed by atoms with Gasteiger partial charge in [-0.25, -0.2) is 0 Å². The Labute approximate surface area is 126 Å². The van der Waals surface area contributed by atoms with Crippen LogP contribution >= 0.6 is 0 Å². The van der Waals surface area contributed by atoms with Crippen LogP contribution in [0, 0.1) is 0 Å². The first-order valence-electron chi connectivity index (χ1n) is 6.51. The molecule has 2 nitrogen and oxygen atoms in total. The van der Waals surface area contributed by atoms with Crippen molar-refractivity contribution in [2.45, 2.75) is 6.18 Å². The predicted octanol–water partition coefficient (Wildman–Crippen LogP) is 4.70. The zero-order chi connectivity index (χ0) is 16.2. The van der Waals surface area contributed by atoms with Crippen molar-refractivity contribution in [1.82, 2.24) is 0 Å². The maximum atomic E-state index is 12.8. The number of hydrogen-bond acceptors (Lipinski definition) is 2. The molecule has 0 amide bonds. The lowest BCUT2D eigenvalue weighted by molar-refractivity contribution is -0.0793. The first kappa shape index (κ1) is 15.9. The Morgan fingerprint density at radius 3 is 1.41 bits per heavy atom. The quantitative estimate of drug-likeness (QED) is 0.815. The summed E-state index contributed by atoms with van der Waals surface area (Å²) in [6.07, 6.45) is -4.11. The molecule has 0 aliphatic rings. The molecule has 2 rings (SSSR count). The summed E-state index contributed by atoms with van der Waals surface area (Å²) in [7, 11) is 3.01. The van der Waals surface area contributed by atoms with Crippen molar-refractivity contribution in [2.24, 2.45) is 0 Å². The molecule has 0 aliphatic heterocycles. The number of methoxy groups -OCH3 is 2. The van der Waals surface area contributed by atoms with E-state index in [-0.39, 0.29) is 5.57 Å². The molecule has 0 saturated heterocycles. The maximum absolute atomic E-state index is 12.8. The van der Waals surface area contributed by atoms with Gasteiger partial charge >= 0.3 is 6.18 Å². The summed E-state index contributed by atoms with van der Waals surface area (Å²) < 4.78 is 48.6. The van der Waals surface area contributed by atoms with Crippen LogP contribution in [0.4, 0.5) is 13.2 Å². The minimum absolute atomic E-state index is 0.0952. The third-order valence-electron chi connectivity index (χ3n) is 3.11. The van der Waals surface area contributed by atoms with E-state index in [9.17, 15) is 13.2 Å². The molecule has 0 radical (unpaired) electrons. The normalized spacial score (nSPS) is 11.0. The summed E-state index contributed by atoms with van der Waals surface area (Å²) in [6, 6.07) is 12.9. The van der Waals surface area contributed by atoms with E-state index in [2.05, 4.69) is 0 Å². The fraction of sp³-hybridized carbons (Fsp3) is 0.176. The second-order valence-corrected chi connectivity index (χ2v) is 4.56. The number of hydrogen-bond donors (Lipinski definition) is 0. The van der Waals surface area contributed by atoms with E-state index in [0.717, 1.165) is 0 Å². The number of halogens is 3. The van der Waals surface area contributed by atoms with Gasteiger partial charge in [-0.1, -0.05) is 24.3 Å². The molecule has 0 bridgehead atoms. The van der Waals surface area contributed by atoms with Gasteiger partial charge < -0.3 is 9.47 Å². The highest BCUT2D eigenvalue weighted by molar-refractivity contribution is 5.80. The lowest BCUT2D eigenvalue weighted by Gasteiger charge is -2.12. The number of benzene rings is 2. The van der Waals surface area contributed by atoms with Crippen LogP contribution in [0.2, 0.25) is 0 Å². The first-order valence-corrected chi connectivity index (χ1v) is 6.51. The standard InChI is InChI=1S/C17H15F3O2/c1-21-14-7-3-12(4-8-14)16(11-17(18,19)20)13-5-9-15(22-2)10-6-13/h3-11H,1-2H3. The maximum Gasteiger partial charge on any atom is 0.410 e. The third kappa shape index (κ3) is 4.04. The fourth-order valence-electron chi connectivity index (χ4n) is 2.04. The van der Waals surface area contributed by atoms with Gasteiger partial charge in [0.25, 0.3) is 0 Å². The monoisotopic (exact) mass is 308 g/mol. The highest BCUT2D eigenvalue weighted by Gasteiger charge is 2.25. The van der Waals surface area contributed by atoms with E-state index >= 15 is 0 Å². The summed E-state index contributed by atoms with van der Waals surface area (Å²) in [6.45, 7) is 0. The second-order valence-electron chi connectivity index (χ2n) is 4.56. The van der Waals surface area contributed by atoms with Crippen molar-refractivity contribution in [3.05, 3.63) is 65.7 Å². The van der Waals surface area contributed by atoms with Crippen LogP contribution in [0.25, 0.3) is 5.57 Å². The van der Waals surface area contributed by atoms with E-state index in [4.69, 9.17) is 9.47 Å². The predicted molar refractivity (Wildman–Crippen MR) is 79.1 cm³/mol. The summed E-state index contributed by atoms with van der Waals surface area (Å²) in [5.41, 5.74) is 1.02. The van der Waals surface area contributed by atoms with Gasteiger partial charge in [-0.15, -0.1) is 0 Å². The van der Waals surface area contributed by atoms with Gasteiger partial charge in [-0.3, -0.25) is 0 Å². The minimum atomic E-state index is -4.41. The Kier molecular flexibility index (Phi) is 4.75. The molecule has 5 heteroatoms. The van der Waals surface area contributed by atoms with Crippen LogP contribution in [-0.4, -0.2) is 20.4 Å². The van der Waals surface area contributed by atoms with E-state index in [0.29, 0.717) is 28.7 Å². The Hall–Kier alpha value is -2.43. The van der Waals surface area contributed by atoms with Crippen molar-refractivity contribution in [2.75, 3.05) is 14.2 Å². The number of ether oxygens (including phenoxy) is 2. The van der Waals surface area contributed by atoms with Gasteiger partial charge in [-0.05, 0) is 41.0 Å². The van der Waals surface area contributed by atoms with Crippen LogP contribution < -0.4 is 9.47 Å². The average Bonchev–Trinajstić information content (AvgIpc) is 2.52. The van der Waals surface area contributed by atoms with Crippen LogP contribution in [0.5, 0.6) is 11.5 Å². The molecule has 0 saturated carbocycles. The zero-order valence-corrected chi connectivity index (χ0v) is 12.1. The molecule has 0 unspecified atom stereocenters. The first-order chi connectivity index (χ1) is 10.4. The van der Waals surface area contributed by atoms with Crippen LogP contribution in [0.1, 0.15) is 11.1 Å². The highest BCUT2D eigenvalue weighted by atomic mass is 19.4. The molecule has 0 fully saturated rings. The van der Waals surface area contributed by atoms with Gasteiger partial charge in [-0.2, -0.15) is 13.2 Å². The molecular weight excluding hydrogens is 293 g/mol. The van der Waals surface area contributed by atoms with E-state index in [1.807, 2.05) is 0 Å². The number of rotatable bonds is 4. The van der Waals surface area contributed by atoms with E-state index in [1.54, 1.807) is 48.5 Å². The van der Waals surface area contributed by atoms with Gasteiger partial charge in [0.2, 0.25) is 0 Å². The van der Waals surface area contributed by atoms with Crippen LogP contribution in [-0.2, 0) is 0 Å². The van der Waals surface area contributed by atoms with Gasteiger partial charge in [0.05, 0.1) is 14.2 Å². The second kappa shape index (κ2) is 6.56. The minimum Gasteiger partial charge on any atom is -0.497 e. The van der Waals surface area contributed by atoms with Gasteiger partial charge in [0, 0.05) is 6.08 Å². The number of allylic oxidation sites excluding steroid dienone is 1. The molecule has 0 N–H and O–H groups in total. The molecule has 2 aromatic rings. The zero-order valence-electron chi connectivity index (χ0n) is 12.1. The summed E-state index contributed by atoms with van der Waals surface area (Å²) >= 11 is 0. The molecule has 116 valence electrons. The fourth-order valence-corrected chi connectivity index (χ4v) is 2.04. The topological polar surface area (TPSA) is 18.5 Å². The molecule has 2 aromatic carbocycles. The van der Waals surface area contributed by atoms with Crippen LogP contribution in [0.3, 0.4) is 0 Å². The Morgan fingerprint density at radius 2 is 1.14 bits per heavy atom. The van der Waals surface area contributed by atoms with Crippen molar-refractivity contribution < 1.29 is 22.6 Å². The largest absolute Gasteiger partial charge is 0.497 e. The molecule has 22 heavy (non-hydrogen) atoms. The van der Waals surface area contributed by atoms with E-state index in [1.165, 1.54) is 14.2 Å². The number of alkyl halides is 3. The average molecular weight is 308 g/mol. The smallest absolute Gasteiger partial charge is 0.410 e. The molecule has 0 aliphatic carbocycles. The molecule has 0 heterocycles. The summed E-state index contributed by atoms with van der Waals surface area (Å²) in [5.74, 6) is 1.18. The highest BCUT2D eigenvalue weighted by Crippen LogP contribution is 2.31. The van der Waals surface area contributed by atoms with Gasteiger partial charge in [0.1, 0.15) is 11.5 Å². The summed E-state index contributed by atoms with van der Waals surface area (Å²) in [5, 5.41) is 0. The third-order valence-corrected chi connectivity index (χ3v) is 3.11. The van der Waals surface area contributed by atoms with Crippen molar-refractivity contribution in [1.29, 1.82) is 0 Å². The molecule has 0 aromatic heterocycles. The molecule has 0 spiro atoms. The Bertz CT molecular complexity index is 592. The SMILES string of the molecule is COc1ccc(C(=CC(F)(F)F)c2ccc(OC)cc2)cc1. The lowest BCUT2D eigenvalue weighted by atomic mass is 9.97.